The van der Waals surface area contributed by atoms with Crippen LogP contribution in [0.5, 0.6) is 0 Å². The molecule has 0 aromatic heterocycles. The zero-order valence-corrected chi connectivity index (χ0v) is 21.6. The molecule has 0 amide bonds. The van der Waals surface area contributed by atoms with Crippen molar-refractivity contribution in [2.45, 2.75) is 112 Å². The maximum atomic E-state index is 12.4. The van der Waals surface area contributed by atoms with Crippen LogP contribution in [-0.4, -0.2) is 18.4 Å². The minimum Gasteiger partial charge on any atom is -0.462 e. The van der Waals surface area contributed by atoms with Gasteiger partial charge in [0.25, 0.3) is 0 Å². The van der Waals surface area contributed by atoms with Crippen molar-refractivity contribution in [1.29, 1.82) is 0 Å². The molecule has 0 saturated heterocycles. The van der Waals surface area contributed by atoms with Crippen LogP contribution in [0.1, 0.15) is 106 Å². The molecule has 32 heavy (non-hydrogen) atoms. The van der Waals surface area contributed by atoms with Gasteiger partial charge in [0, 0.05) is 19.3 Å². The number of hydrogen-bond acceptors (Lipinski definition) is 3. The van der Waals surface area contributed by atoms with E-state index in [1.807, 2.05) is 0 Å². The average molecular weight is 445 g/mol. The number of carbonyl (C=O) groups is 2. The van der Waals surface area contributed by atoms with Gasteiger partial charge in [-0.2, -0.15) is 0 Å². The molecule has 0 heterocycles. The Morgan fingerprint density at radius 1 is 1.06 bits per heavy atom. The number of rotatable bonds is 6. The van der Waals surface area contributed by atoms with E-state index in [-0.39, 0.29) is 12.1 Å². The third-order valence-corrected chi connectivity index (χ3v) is 11.5. The molecule has 0 radical (unpaired) electrons. The van der Waals surface area contributed by atoms with Crippen molar-refractivity contribution in [3.8, 4) is 0 Å². The normalized spacial score (nSPS) is 48.8. The summed E-state index contributed by atoms with van der Waals surface area (Å²) in [6, 6.07) is 0. The van der Waals surface area contributed by atoms with Gasteiger partial charge in [0.2, 0.25) is 0 Å². The van der Waals surface area contributed by atoms with Crippen molar-refractivity contribution in [3.63, 3.8) is 0 Å². The highest BCUT2D eigenvalue weighted by atomic mass is 16.5. The van der Waals surface area contributed by atoms with Gasteiger partial charge in [0.05, 0.1) is 0 Å². The highest BCUT2D eigenvalue weighted by Crippen LogP contribution is 2.70. The fourth-order valence-corrected chi connectivity index (χ4v) is 10.0. The number of hydrogen-bond donors (Lipinski definition) is 0. The zero-order chi connectivity index (χ0) is 23.3. The van der Waals surface area contributed by atoms with Crippen molar-refractivity contribution >= 4 is 12.3 Å². The quantitative estimate of drug-likeness (QED) is 0.325. The molecule has 4 rings (SSSR count). The summed E-state index contributed by atoms with van der Waals surface area (Å²) in [5.74, 6) is 5.06. The van der Waals surface area contributed by atoms with Crippen LogP contribution in [0.15, 0.2) is 0 Å². The molecule has 3 nitrogen and oxygen atoms in total. The summed E-state index contributed by atoms with van der Waals surface area (Å²) in [7, 11) is 0. The monoisotopic (exact) mass is 444 g/mol. The van der Waals surface area contributed by atoms with Gasteiger partial charge in [0.1, 0.15) is 12.4 Å². The van der Waals surface area contributed by atoms with Gasteiger partial charge >= 0.3 is 5.97 Å². The fourth-order valence-electron chi connectivity index (χ4n) is 10.0. The van der Waals surface area contributed by atoms with Crippen LogP contribution in [0, 0.1) is 58.2 Å². The van der Waals surface area contributed by atoms with Gasteiger partial charge < -0.3 is 9.53 Å². The van der Waals surface area contributed by atoms with Gasteiger partial charge in [-0.3, -0.25) is 4.79 Å². The van der Waals surface area contributed by atoms with E-state index >= 15 is 0 Å². The molecule has 11 atom stereocenters. The Kier molecular flexibility index (Phi) is 6.87. The number of carbonyl (C=O) groups excluding carboxylic acids is 2. The van der Waals surface area contributed by atoms with Gasteiger partial charge in [-0.15, -0.1) is 0 Å². The maximum Gasteiger partial charge on any atom is 0.302 e. The SMILES string of the molecule is CC[C@H]1[C@@H](OC(C)=O)[C@@H]2[C@H](CC[C@]3(C)[C@@H]([C@H](C)CCC=O)CC[C@@H]23)[C@@]2(C)CC[C@@H](C)C[C@@H]12. The van der Waals surface area contributed by atoms with Crippen molar-refractivity contribution in [1.82, 2.24) is 0 Å². The summed E-state index contributed by atoms with van der Waals surface area (Å²) < 4.78 is 6.32. The first-order valence-corrected chi connectivity index (χ1v) is 13.8. The van der Waals surface area contributed by atoms with E-state index in [2.05, 4.69) is 34.6 Å². The molecule has 4 saturated carbocycles. The van der Waals surface area contributed by atoms with E-state index in [1.54, 1.807) is 6.92 Å². The first-order chi connectivity index (χ1) is 15.2. The van der Waals surface area contributed by atoms with Crippen LogP contribution in [0.25, 0.3) is 0 Å². The summed E-state index contributed by atoms with van der Waals surface area (Å²) in [6.07, 6.45) is 13.2. The number of ether oxygens (including phenoxy) is 1. The fraction of sp³-hybridized carbons (Fsp3) is 0.931. The van der Waals surface area contributed by atoms with E-state index < -0.39 is 0 Å². The molecular formula is C29H48O3. The molecule has 0 N–H and O–H groups in total. The average Bonchev–Trinajstić information content (AvgIpc) is 3.10. The maximum absolute atomic E-state index is 12.4. The minimum atomic E-state index is -0.0826. The lowest BCUT2D eigenvalue weighted by Gasteiger charge is -2.65. The van der Waals surface area contributed by atoms with Gasteiger partial charge in [-0.25, -0.2) is 0 Å². The predicted octanol–water partition coefficient (Wildman–Crippen LogP) is 7.07. The van der Waals surface area contributed by atoms with Gasteiger partial charge in [0.15, 0.2) is 0 Å². The van der Waals surface area contributed by atoms with Gasteiger partial charge in [-0.05, 0) is 104 Å². The number of aldehydes is 1. The summed E-state index contributed by atoms with van der Waals surface area (Å²) in [5.41, 5.74) is 0.725. The Balaban J connectivity index is 1.71. The van der Waals surface area contributed by atoms with E-state index in [4.69, 9.17) is 4.74 Å². The van der Waals surface area contributed by atoms with Crippen LogP contribution in [0.4, 0.5) is 0 Å². The molecule has 182 valence electrons. The van der Waals surface area contributed by atoms with Crippen molar-refractivity contribution < 1.29 is 14.3 Å². The highest BCUT2D eigenvalue weighted by molar-refractivity contribution is 5.66. The smallest absolute Gasteiger partial charge is 0.302 e. The number of fused-ring (bicyclic) bond motifs is 5. The second kappa shape index (κ2) is 9.06. The van der Waals surface area contributed by atoms with Crippen LogP contribution < -0.4 is 0 Å². The van der Waals surface area contributed by atoms with E-state index in [9.17, 15) is 9.59 Å². The molecule has 4 fully saturated rings. The molecular weight excluding hydrogens is 396 g/mol. The second-order valence-corrected chi connectivity index (χ2v) is 12.9. The lowest BCUT2D eigenvalue weighted by atomic mass is 9.41. The van der Waals surface area contributed by atoms with Gasteiger partial charge in [-0.1, -0.05) is 41.0 Å². The molecule has 0 aromatic carbocycles. The third-order valence-electron chi connectivity index (χ3n) is 11.5. The number of esters is 1. The molecule has 0 bridgehead atoms. The molecule has 3 heteroatoms. The van der Waals surface area contributed by atoms with Crippen molar-refractivity contribution in [2.75, 3.05) is 0 Å². The minimum absolute atomic E-state index is 0.0826. The first kappa shape index (κ1) is 24.3. The predicted molar refractivity (Wildman–Crippen MR) is 129 cm³/mol. The lowest BCUT2D eigenvalue weighted by Crippen LogP contribution is -2.62. The molecule has 4 aliphatic carbocycles. The Hall–Kier alpha value is -0.860. The Bertz CT molecular complexity index is 703. The summed E-state index contributed by atoms with van der Waals surface area (Å²) >= 11 is 0. The summed E-state index contributed by atoms with van der Waals surface area (Å²) in [4.78, 5) is 23.4. The summed E-state index contributed by atoms with van der Waals surface area (Å²) in [6.45, 7) is 14.0. The van der Waals surface area contributed by atoms with Crippen molar-refractivity contribution in [2.24, 2.45) is 58.2 Å². The molecule has 0 unspecified atom stereocenters. The van der Waals surface area contributed by atoms with Crippen LogP contribution in [0.3, 0.4) is 0 Å². The van der Waals surface area contributed by atoms with Crippen molar-refractivity contribution in [3.05, 3.63) is 0 Å². The van der Waals surface area contributed by atoms with E-state index in [0.717, 1.165) is 25.0 Å². The van der Waals surface area contributed by atoms with E-state index in [0.29, 0.717) is 58.7 Å². The Morgan fingerprint density at radius 3 is 2.41 bits per heavy atom. The van der Waals surface area contributed by atoms with Crippen LogP contribution in [0.2, 0.25) is 0 Å². The highest BCUT2D eigenvalue weighted by Gasteiger charge is 2.65. The molecule has 0 aliphatic heterocycles. The summed E-state index contributed by atoms with van der Waals surface area (Å²) in [5, 5.41) is 0. The topological polar surface area (TPSA) is 43.4 Å². The zero-order valence-electron chi connectivity index (χ0n) is 21.6. The Morgan fingerprint density at radius 2 is 1.75 bits per heavy atom. The van der Waals surface area contributed by atoms with E-state index in [1.165, 1.54) is 44.9 Å². The van der Waals surface area contributed by atoms with Crippen LogP contribution in [-0.2, 0) is 14.3 Å². The van der Waals surface area contributed by atoms with Crippen LogP contribution >= 0.6 is 0 Å². The lowest BCUT2D eigenvalue weighted by molar-refractivity contribution is -0.213. The second-order valence-electron chi connectivity index (χ2n) is 12.9. The Labute approximate surface area is 196 Å². The largest absolute Gasteiger partial charge is 0.462 e. The molecule has 0 aromatic rings. The standard InChI is InChI=1S/C29H48O3/c1-7-21-25-17-18(2)12-14-29(25,6)24-13-15-28(5)22(19(3)9-8-16-30)10-11-23(28)26(24)27(21)32-20(4)31/h16,18-19,21-27H,7-15,17H2,1-6H3/t18-,19-,21-,22-,23+,24+,25+,26+,27-,28-,29-/m1/s1. The third kappa shape index (κ3) is 3.78. The first-order valence-electron chi connectivity index (χ1n) is 13.8. The molecule has 0 spiro atoms. The molecule has 4 aliphatic rings.